The van der Waals surface area contributed by atoms with Crippen molar-refractivity contribution in [2.45, 2.75) is 12.1 Å². The van der Waals surface area contributed by atoms with Crippen LogP contribution in [0.1, 0.15) is 5.56 Å². The van der Waals surface area contributed by atoms with Gasteiger partial charge in [-0.3, -0.25) is 4.79 Å². The molecule has 8 heteroatoms. The van der Waals surface area contributed by atoms with E-state index in [4.69, 9.17) is 0 Å². The van der Waals surface area contributed by atoms with E-state index in [1.807, 2.05) is 36.1 Å². The predicted molar refractivity (Wildman–Crippen MR) is 88.7 cm³/mol. The summed E-state index contributed by atoms with van der Waals surface area (Å²) < 4.78 is 1.67. The molecule has 0 aliphatic carbocycles. The summed E-state index contributed by atoms with van der Waals surface area (Å²) in [5, 5.41) is 12.4. The quantitative estimate of drug-likeness (QED) is 0.773. The van der Waals surface area contributed by atoms with Gasteiger partial charge in [-0.05, 0) is 36.5 Å². The zero-order valence-electron chi connectivity index (χ0n) is 13.3. The van der Waals surface area contributed by atoms with Crippen molar-refractivity contribution in [2.24, 2.45) is 0 Å². The van der Waals surface area contributed by atoms with E-state index in [2.05, 4.69) is 27.5 Å². The molecule has 1 amide bonds. The predicted octanol–water partition coefficient (Wildman–Crippen LogP) is 0.837. The third-order valence-electron chi connectivity index (χ3n) is 3.90. The maximum absolute atomic E-state index is 12.3. The minimum Gasteiger partial charge on any atom is -0.339 e. The van der Waals surface area contributed by atoms with Crippen molar-refractivity contribution in [2.75, 3.05) is 39.0 Å². The molecule has 0 atom stereocenters. The molecule has 7 nitrogen and oxygen atoms in total. The summed E-state index contributed by atoms with van der Waals surface area (Å²) >= 11 is 1.38. The van der Waals surface area contributed by atoms with Crippen LogP contribution in [0.4, 0.5) is 0 Å². The Kier molecular flexibility index (Phi) is 4.92. The SMILES string of the molecule is Cc1ccc(-n2nnnc2SCC(=O)N2CCN(C)CC2)cc1. The maximum atomic E-state index is 12.3. The highest BCUT2D eigenvalue weighted by molar-refractivity contribution is 7.99. The number of benzene rings is 1. The standard InChI is InChI=1S/C15H20N6OS/c1-12-3-5-13(6-4-12)21-15(16-17-18-21)23-11-14(22)20-9-7-19(2)8-10-20/h3-6H,7-11H2,1-2H3. The van der Waals surface area contributed by atoms with Gasteiger partial charge in [-0.2, -0.15) is 4.68 Å². The van der Waals surface area contributed by atoms with Crippen molar-refractivity contribution in [3.8, 4) is 5.69 Å². The molecule has 0 unspecified atom stereocenters. The monoisotopic (exact) mass is 332 g/mol. The molecule has 2 aromatic rings. The number of nitrogens with zero attached hydrogens (tertiary/aromatic N) is 6. The van der Waals surface area contributed by atoms with E-state index in [9.17, 15) is 4.79 Å². The molecule has 0 bridgehead atoms. The van der Waals surface area contributed by atoms with Crippen LogP contribution in [0.15, 0.2) is 29.4 Å². The van der Waals surface area contributed by atoms with Crippen LogP contribution in [-0.4, -0.2) is 74.9 Å². The first kappa shape index (κ1) is 15.9. The molecule has 1 aliphatic rings. The number of tetrazole rings is 1. The number of aromatic nitrogens is 4. The van der Waals surface area contributed by atoms with Gasteiger partial charge >= 0.3 is 0 Å². The number of likely N-dealkylation sites (N-methyl/N-ethyl adjacent to an activating group) is 1. The highest BCUT2D eigenvalue weighted by Gasteiger charge is 2.20. The first-order valence-electron chi connectivity index (χ1n) is 7.58. The second-order valence-electron chi connectivity index (χ2n) is 5.68. The van der Waals surface area contributed by atoms with Crippen LogP contribution >= 0.6 is 11.8 Å². The molecular formula is C15H20N6OS. The Morgan fingerprint density at radius 2 is 1.87 bits per heavy atom. The number of rotatable bonds is 4. The molecule has 0 N–H and O–H groups in total. The van der Waals surface area contributed by atoms with E-state index in [-0.39, 0.29) is 5.91 Å². The van der Waals surface area contributed by atoms with Gasteiger partial charge in [0.2, 0.25) is 11.1 Å². The lowest BCUT2D eigenvalue weighted by molar-refractivity contribution is -0.129. The third kappa shape index (κ3) is 3.89. The van der Waals surface area contributed by atoms with Gasteiger partial charge in [-0.25, -0.2) is 0 Å². The summed E-state index contributed by atoms with van der Waals surface area (Å²) in [5.74, 6) is 0.497. The summed E-state index contributed by atoms with van der Waals surface area (Å²) in [4.78, 5) is 16.4. The maximum Gasteiger partial charge on any atom is 0.233 e. The summed E-state index contributed by atoms with van der Waals surface area (Å²) in [6.07, 6.45) is 0. The first-order chi connectivity index (χ1) is 11.1. The Balaban J connectivity index is 1.62. The van der Waals surface area contributed by atoms with Gasteiger partial charge in [0.25, 0.3) is 0 Å². The summed E-state index contributed by atoms with van der Waals surface area (Å²) in [6, 6.07) is 7.97. The molecule has 0 spiro atoms. The van der Waals surface area contributed by atoms with Gasteiger partial charge < -0.3 is 9.80 Å². The molecule has 3 rings (SSSR count). The molecule has 122 valence electrons. The minimum atomic E-state index is 0.140. The summed E-state index contributed by atoms with van der Waals surface area (Å²) in [5.41, 5.74) is 2.08. The number of hydrogen-bond acceptors (Lipinski definition) is 6. The smallest absolute Gasteiger partial charge is 0.233 e. The second kappa shape index (κ2) is 7.10. The Labute approximate surface area is 139 Å². The molecule has 1 aromatic heterocycles. The van der Waals surface area contributed by atoms with Gasteiger partial charge in [0, 0.05) is 26.2 Å². The van der Waals surface area contributed by atoms with Crippen molar-refractivity contribution >= 4 is 17.7 Å². The number of carbonyl (C=O) groups excluding carboxylic acids is 1. The molecular weight excluding hydrogens is 312 g/mol. The normalized spacial score (nSPS) is 15.8. The lowest BCUT2D eigenvalue weighted by Gasteiger charge is -2.32. The first-order valence-corrected chi connectivity index (χ1v) is 8.56. The van der Waals surface area contributed by atoms with Crippen LogP contribution in [0.2, 0.25) is 0 Å². The number of thioether (sulfide) groups is 1. The van der Waals surface area contributed by atoms with E-state index in [1.165, 1.54) is 17.3 Å². The average molecular weight is 332 g/mol. The number of hydrogen-bond donors (Lipinski definition) is 0. The van der Waals surface area contributed by atoms with Crippen LogP contribution < -0.4 is 0 Å². The van der Waals surface area contributed by atoms with Crippen molar-refractivity contribution in [3.05, 3.63) is 29.8 Å². The van der Waals surface area contributed by atoms with Gasteiger partial charge in [0.05, 0.1) is 11.4 Å². The van der Waals surface area contributed by atoms with E-state index < -0.39 is 0 Å². The zero-order valence-corrected chi connectivity index (χ0v) is 14.2. The van der Waals surface area contributed by atoms with Gasteiger partial charge in [0.15, 0.2) is 0 Å². The lowest BCUT2D eigenvalue weighted by Crippen LogP contribution is -2.47. The van der Waals surface area contributed by atoms with Gasteiger partial charge in [0.1, 0.15) is 0 Å². The van der Waals surface area contributed by atoms with E-state index >= 15 is 0 Å². The fourth-order valence-electron chi connectivity index (χ4n) is 2.39. The molecule has 1 fully saturated rings. The molecule has 1 aliphatic heterocycles. The van der Waals surface area contributed by atoms with Crippen molar-refractivity contribution < 1.29 is 4.79 Å². The number of piperazine rings is 1. The van der Waals surface area contributed by atoms with Crippen LogP contribution in [0, 0.1) is 6.92 Å². The Bertz CT molecular complexity index is 663. The molecule has 1 saturated heterocycles. The molecule has 23 heavy (non-hydrogen) atoms. The largest absolute Gasteiger partial charge is 0.339 e. The van der Waals surface area contributed by atoms with Gasteiger partial charge in [-0.15, -0.1) is 5.10 Å². The van der Waals surface area contributed by atoms with Crippen LogP contribution in [0.25, 0.3) is 5.69 Å². The molecule has 2 heterocycles. The van der Waals surface area contributed by atoms with Crippen LogP contribution in [-0.2, 0) is 4.79 Å². The van der Waals surface area contributed by atoms with Crippen LogP contribution in [0.3, 0.4) is 0 Å². The number of aryl methyl sites for hydroxylation is 1. The highest BCUT2D eigenvalue weighted by atomic mass is 32.2. The number of carbonyl (C=O) groups is 1. The summed E-state index contributed by atoms with van der Waals surface area (Å²) in [6.45, 7) is 5.47. The molecule has 1 aromatic carbocycles. The Morgan fingerprint density at radius 3 is 2.57 bits per heavy atom. The van der Waals surface area contributed by atoms with E-state index in [0.717, 1.165) is 31.9 Å². The second-order valence-corrected chi connectivity index (χ2v) is 6.62. The minimum absolute atomic E-state index is 0.140. The Hall–Kier alpha value is -1.93. The van der Waals surface area contributed by atoms with E-state index in [0.29, 0.717) is 10.9 Å². The van der Waals surface area contributed by atoms with Crippen LogP contribution in [0.5, 0.6) is 0 Å². The molecule has 0 radical (unpaired) electrons. The van der Waals surface area contributed by atoms with Crippen molar-refractivity contribution in [1.29, 1.82) is 0 Å². The topological polar surface area (TPSA) is 67.2 Å². The molecule has 0 saturated carbocycles. The average Bonchev–Trinajstić information content (AvgIpc) is 3.02. The third-order valence-corrected chi connectivity index (χ3v) is 4.80. The van der Waals surface area contributed by atoms with E-state index in [1.54, 1.807) is 4.68 Å². The summed E-state index contributed by atoms with van der Waals surface area (Å²) in [7, 11) is 2.08. The fraction of sp³-hybridized carbons (Fsp3) is 0.467. The van der Waals surface area contributed by atoms with Gasteiger partial charge in [-0.1, -0.05) is 29.5 Å². The fourth-order valence-corrected chi connectivity index (χ4v) is 3.18. The zero-order chi connectivity index (χ0) is 16.2. The highest BCUT2D eigenvalue weighted by Crippen LogP contribution is 2.19. The lowest BCUT2D eigenvalue weighted by atomic mass is 10.2. The number of amides is 1. The Morgan fingerprint density at radius 1 is 1.17 bits per heavy atom. The van der Waals surface area contributed by atoms with Crippen molar-refractivity contribution in [3.63, 3.8) is 0 Å². The van der Waals surface area contributed by atoms with Crippen molar-refractivity contribution in [1.82, 2.24) is 30.0 Å².